The molecule has 2 aromatic rings. The first-order valence-electron chi connectivity index (χ1n) is 20.0. The SMILES string of the molecule is CCCc1cccc(C2CC3C=CC=CC3(C3C4C=CC=CC4C(CC)C3c3cccc(CCC)c3CCC)C2CCC)c1CCC. The summed E-state index contributed by atoms with van der Waals surface area (Å²) in [5.74, 6) is 4.96. The number of fused-ring (bicyclic) bond motifs is 2. The number of hydrogen-bond donors (Lipinski definition) is 0. The van der Waals surface area contributed by atoms with Gasteiger partial charge in [-0.3, -0.25) is 0 Å². The van der Waals surface area contributed by atoms with Crippen LogP contribution in [0.2, 0.25) is 0 Å². The second kappa shape index (κ2) is 15.3. The van der Waals surface area contributed by atoms with E-state index in [1.807, 2.05) is 0 Å². The average Bonchev–Trinajstić information content (AvgIpc) is 3.60. The van der Waals surface area contributed by atoms with E-state index >= 15 is 0 Å². The molecule has 4 aliphatic rings. The molecule has 0 N–H and O–H groups in total. The lowest BCUT2D eigenvalue weighted by molar-refractivity contribution is 0.0777. The van der Waals surface area contributed by atoms with Gasteiger partial charge in [0, 0.05) is 5.41 Å². The molecule has 0 amide bonds. The van der Waals surface area contributed by atoms with Crippen LogP contribution in [0.25, 0.3) is 0 Å². The van der Waals surface area contributed by atoms with Crippen molar-refractivity contribution in [3.05, 3.63) is 118 Å². The van der Waals surface area contributed by atoms with E-state index in [9.17, 15) is 0 Å². The highest BCUT2D eigenvalue weighted by Gasteiger charge is 2.64. The molecule has 0 aliphatic heterocycles. The average molecular weight is 629 g/mol. The van der Waals surface area contributed by atoms with Crippen molar-refractivity contribution in [2.45, 2.75) is 130 Å². The second-order valence-corrected chi connectivity index (χ2v) is 15.6. The molecular weight excluding hydrogens is 565 g/mol. The Labute approximate surface area is 288 Å². The number of hydrogen-bond acceptors (Lipinski definition) is 0. The summed E-state index contributed by atoms with van der Waals surface area (Å²) in [6.07, 6.45) is 35.3. The van der Waals surface area contributed by atoms with Gasteiger partial charge < -0.3 is 0 Å². The van der Waals surface area contributed by atoms with E-state index < -0.39 is 0 Å². The van der Waals surface area contributed by atoms with Gasteiger partial charge in [-0.05, 0) is 119 Å². The highest BCUT2D eigenvalue weighted by atomic mass is 14.7. The van der Waals surface area contributed by atoms with Gasteiger partial charge in [0.25, 0.3) is 0 Å². The molecule has 2 saturated carbocycles. The zero-order valence-electron chi connectivity index (χ0n) is 30.7. The third-order valence-electron chi connectivity index (χ3n) is 13.2. The largest absolute Gasteiger partial charge is 0.0805 e. The van der Waals surface area contributed by atoms with Gasteiger partial charge in [0.2, 0.25) is 0 Å². The van der Waals surface area contributed by atoms with E-state index in [2.05, 4.69) is 127 Å². The van der Waals surface area contributed by atoms with E-state index in [0.717, 1.165) is 0 Å². The minimum absolute atomic E-state index is 0.164. The number of allylic oxidation sites excluding steroid dienone is 8. The molecule has 6 rings (SSSR count). The van der Waals surface area contributed by atoms with Crippen LogP contribution >= 0.6 is 0 Å². The Morgan fingerprint density at radius 3 is 1.83 bits per heavy atom. The Bertz CT molecular complexity index is 1460. The molecule has 9 atom stereocenters. The van der Waals surface area contributed by atoms with E-state index in [-0.39, 0.29) is 5.41 Å². The van der Waals surface area contributed by atoms with Crippen molar-refractivity contribution in [1.29, 1.82) is 0 Å². The predicted octanol–water partition coefficient (Wildman–Crippen LogP) is 12.9. The van der Waals surface area contributed by atoms with Gasteiger partial charge in [-0.1, -0.05) is 165 Å². The Morgan fingerprint density at radius 2 is 1.21 bits per heavy atom. The number of benzene rings is 2. The maximum absolute atomic E-state index is 2.81. The van der Waals surface area contributed by atoms with Crippen molar-refractivity contribution < 1.29 is 0 Å². The van der Waals surface area contributed by atoms with Crippen LogP contribution < -0.4 is 0 Å². The smallest absolute Gasteiger partial charge is 0.00219 e. The fourth-order valence-electron chi connectivity index (χ4n) is 11.7. The zero-order valence-corrected chi connectivity index (χ0v) is 30.7. The third-order valence-corrected chi connectivity index (χ3v) is 13.2. The van der Waals surface area contributed by atoms with Crippen LogP contribution in [0.1, 0.15) is 138 Å². The zero-order chi connectivity index (χ0) is 33.0. The van der Waals surface area contributed by atoms with Crippen molar-refractivity contribution in [2.24, 2.45) is 40.9 Å². The van der Waals surface area contributed by atoms with E-state index in [1.54, 1.807) is 33.4 Å². The van der Waals surface area contributed by atoms with Crippen molar-refractivity contribution in [3.8, 4) is 0 Å². The minimum atomic E-state index is 0.164. The molecule has 0 heterocycles. The molecule has 47 heavy (non-hydrogen) atoms. The lowest BCUT2D eigenvalue weighted by atomic mass is 9.54. The quantitative estimate of drug-likeness (QED) is 0.195. The maximum atomic E-state index is 2.81. The highest BCUT2D eigenvalue weighted by Crippen LogP contribution is 2.71. The van der Waals surface area contributed by atoms with Crippen LogP contribution in [0.4, 0.5) is 0 Å². The van der Waals surface area contributed by atoms with Gasteiger partial charge >= 0.3 is 0 Å². The van der Waals surface area contributed by atoms with Crippen molar-refractivity contribution in [3.63, 3.8) is 0 Å². The first-order valence-corrected chi connectivity index (χ1v) is 20.0. The van der Waals surface area contributed by atoms with Crippen LogP contribution in [-0.2, 0) is 25.7 Å². The van der Waals surface area contributed by atoms with E-state index in [4.69, 9.17) is 0 Å². The summed E-state index contributed by atoms with van der Waals surface area (Å²) in [6.45, 7) is 14.5. The standard InChI is InChI=1S/C47H64/c1-7-19-33-24-17-29-40(37(33)21-9-3)43-32-35-26-15-16-31-47(35,44(43)23-11-5)46-42-28-14-13-27-39(42)36(12-6)45(46)41-30-18-25-34(20-8-2)38(41)22-10-4/h13-18,24-31,35-36,39,42-46H,7-12,19-23,32H2,1-6H3. The lowest BCUT2D eigenvalue weighted by Gasteiger charge is -2.49. The second-order valence-electron chi connectivity index (χ2n) is 15.6. The topological polar surface area (TPSA) is 0 Å². The third kappa shape index (κ3) is 5.99. The van der Waals surface area contributed by atoms with Crippen LogP contribution in [0, 0.1) is 40.9 Å². The molecule has 0 aromatic heterocycles. The molecule has 0 heteroatoms. The summed E-state index contributed by atoms with van der Waals surface area (Å²) in [5, 5.41) is 0. The van der Waals surface area contributed by atoms with Gasteiger partial charge in [-0.2, -0.15) is 0 Å². The molecule has 2 fully saturated rings. The molecule has 9 unspecified atom stereocenters. The highest BCUT2D eigenvalue weighted by molar-refractivity contribution is 5.46. The van der Waals surface area contributed by atoms with Crippen molar-refractivity contribution in [1.82, 2.24) is 0 Å². The van der Waals surface area contributed by atoms with Crippen LogP contribution in [-0.4, -0.2) is 0 Å². The Hall–Kier alpha value is -2.60. The van der Waals surface area contributed by atoms with Crippen molar-refractivity contribution in [2.75, 3.05) is 0 Å². The first-order chi connectivity index (χ1) is 23.1. The molecule has 0 nitrogen and oxygen atoms in total. The summed E-state index contributed by atoms with van der Waals surface area (Å²) in [4.78, 5) is 0. The summed E-state index contributed by atoms with van der Waals surface area (Å²) in [6, 6.07) is 14.9. The molecular formula is C47H64. The van der Waals surface area contributed by atoms with E-state index in [1.165, 1.54) is 77.0 Å². The van der Waals surface area contributed by atoms with Crippen molar-refractivity contribution >= 4 is 0 Å². The van der Waals surface area contributed by atoms with E-state index in [0.29, 0.717) is 47.3 Å². The normalized spacial score (nSPS) is 32.2. The van der Waals surface area contributed by atoms with Gasteiger partial charge in [0.15, 0.2) is 0 Å². The molecule has 0 bridgehead atoms. The Kier molecular flexibility index (Phi) is 11.2. The minimum Gasteiger partial charge on any atom is -0.0805 e. The molecule has 0 radical (unpaired) electrons. The lowest BCUT2D eigenvalue weighted by Crippen LogP contribution is -2.44. The molecule has 4 aliphatic carbocycles. The predicted molar refractivity (Wildman–Crippen MR) is 204 cm³/mol. The number of aryl methyl sites for hydroxylation is 2. The molecule has 0 saturated heterocycles. The summed E-state index contributed by atoms with van der Waals surface area (Å²) >= 11 is 0. The van der Waals surface area contributed by atoms with Gasteiger partial charge in [0.1, 0.15) is 0 Å². The molecule has 2 aromatic carbocycles. The van der Waals surface area contributed by atoms with Crippen LogP contribution in [0.15, 0.2) is 85.0 Å². The Balaban J connectivity index is 1.58. The van der Waals surface area contributed by atoms with Gasteiger partial charge in [-0.15, -0.1) is 0 Å². The maximum Gasteiger partial charge on any atom is 0.00219 e. The van der Waals surface area contributed by atoms with Crippen LogP contribution in [0.5, 0.6) is 0 Å². The fourth-order valence-corrected chi connectivity index (χ4v) is 11.7. The summed E-state index contributed by atoms with van der Waals surface area (Å²) < 4.78 is 0. The summed E-state index contributed by atoms with van der Waals surface area (Å²) in [5.41, 5.74) is 10.3. The molecule has 252 valence electrons. The fraction of sp³-hybridized carbons (Fsp3) is 0.574. The molecule has 0 spiro atoms. The summed E-state index contributed by atoms with van der Waals surface area (Å²) in [7, 11) is 0. The van der Waals surface area contributed by atoms with Crippen LogP contribution in [0.3, 0.4) is 0 Å². The first kappa shape index (κ1) is 34.3. The van der Waals surface area contributed by atoms with Gasteiger partial charge in [0.05, 0.1) is 0 Å². The Morgan fingerprint density at radius 1 is 0.617 bits per heavy atom. The van der Waals surface area contributed by atoms with Gasteiger partial charge in [-0.25, -0.2) is 0 Å². The number of rotatable bonds is 14. The monoisotopic (exact) mass is 629 g/mol.